The van der Waals surface area contributed by atoms with Crippen LogP contribution in [0.3, 0.4) is 0 Å². The second-order valence-corrected chi connectivity index (χ2v) is 4.28. The fraction of sp³-hybridized carbons (Fsp3) is 0.900. The van der Waals surface area contributed by atoms with Gasteiger partial charge in [-0.1, -0.05) is 20.8 Å². The molecule has 0 aromatic rings. The molecule has 0 spiro atoms. The van der Waals surface area contributed by atoms with Crippen LogP contribution in [-0.2, 0) is 0 Å². The Bertz CT molecular complexity index is 166. The quantitative estimate of drug-likeness (QED) is 0.504. The number of hydrogen-bond acceptors (Lipinski definition) is 2. The summed E-state index contributed by atoms with van der Waals surface area (Å²) in [4.78, 5) is 2.26. The number of nitrogens with two attached hydrogens (primary N) is 1. The van der Waals surface area contributed by atoms with Crippen LogP contribution in [-0.4, -0.2) is 30.4 Å². The lowest BCUT2D eigenvalue weighted by Gasteiger charge is -2.29. The summed E-state index contributed by atoms with van der Waals surface area (Å²) in [7, 11) is 2.09. The van der Waals surface area contributed by atoms with E-state index in [4.69, 9.17) is 11.1 Å². The molecule has 0 aromatic carbocycles. The standard InChI is InChI=1S/C10H23N3/c1-7(2)9(4)13(5)6-8(3)10(11)12/h7-9H,6H2,1-5H3,(H3,11,12). The van der Waals surface area contributed by atoms with Gasteiger partial charge in [-0.3, -0.25) is 5.41 Å². The highest BCUT2D eigenvalue weighted by atomic mass is 15.1. The summed E-state index contributed by atoms with van der Waals surface area (Å²) in [6.07, 6.45) is 0. The van der Waals surface area contributed by atoms with E-state index in [1.807, 2.05) is 6.92 Å². The number of nitrogens with one attached hydrogen (secondary N) is 1. The van der Waals surface area contributed by atoms with Gasteiger partial charge in [0.25, 0.3) is 0 Å². The zero-order chi connectivity index (χ0) is 10.6. The van der Waals surface area contributed by atoms with Gasteiger partial charge < -0.3 is 10.6 Å². The minimum Gasteiger partial charge on any atom is -0.387 e. The van der Waals surface area contributed by atoms with Crippen molar-refractivity contribution in [2.75, 3.05) is 13.6 Å². The zero-order valence-corrected chi connectivity index (χ0v) is 9.46. The number of rotatable bonds is 5. The van der Waals surface area contributed by atoms with E-state index >= 15 is 0 Å². The van der Waals surface area contributed by atoms with Gasteiger partial charge in [0.1, 0.15) is 0 Å². The van der Waals surface area contributed by atoms with Gasteiger partial charge in [0.2, 0.25) is 0 Å². The molecule has 0 radical (unpaired) electrons. The number of hydrogen-bond donors (Lipinski definition) is 2. The summed E-state index contributed by atoms with van der Waals surface area (Å²) in [6, 6.07) is 0.543. The van der Waals surface area contributed by atoms with Gasteiger partial charge in [0.15, 0.2) is 0 Å². The molecule has 0 bridgehead atoms. The third-order valence-electron chi connectivity index (χ3n) is 2.75. The maximum Gasteiger partial charge on any atom is 0.0947 e. The molecule has 3 N–H and O–H groups in total. The molecule has 0 saturated carbocycles. The fourth-order valence-electron chi connectivity index (χ4n) is 1.21. The van der Waals surface area contributed by atoms with Crippen LogP contribution in [0.4, 0.5) is 0 Å². The first-order valence-electron chi connectivity index (χ1n) is 4.90. The SMILES string of the molecule is CC(CN(C)C(C)C(C)C)C(=N)N. The average Bonchev–Trinajstić information content (AvgIpc) is 2.02. The Morgan fingerprint density at radius 3 is 2.08 bits per heavy atom. The van der Waals surface area contributed by atoms with E-state index in [2.05, 4.69) is 32.7 Å². The summed E-state index contributed by atoms with van der Waals surface area (Å²) < 4.78 is 0. The Labute approximate surface area is 81.8 Å². The molecular weight excluding hydrogens is 162 g/mol. The molecule has 0 amide bonds. The number of amidine groups is 1. The van der Waals surface area contributed by atoms with Crippen LogP contribution in [0.2, 0.25) is 0 Å². The third-order valence-corrected chi connectivity index (χ3v) is 2.75. The molecule has 0 heterocycles. The van der Waals surface area contributed by atoms with Gasteiger partial charge in [-0.2, -0.15) is 0 Å². The minimum atomic E-state index is 0.159. The van der Waals surface area contributed by atoms with Gasteiger partial charge in [-0.15, -0.1) is 0 Å². The molecule has 0 aromatic heterocycles. The van der Waals surface area contributed by atoms with E-state index < -0.39 is 0 Å². The zero-order valence-electron chi connectivity index (χ0n) is 9.46. The first-order valence-corrected chi connectivity index (χ1v) is 4.90. The van der Waals surface area contributed by atoms with Crippen molar-refractivity contribution in [1.29, 1.82) is 5.41 Å². The van der Waals surface area contributed by atoms with Crippen LogP contribution in [0.25, 0.3) is 0 Å². The van der Waals surface area contributed by atoms with Crippen molar-refractivity contribution < 1.29 is 0 Å². The molecule has 3 nitrogen and oxygen atoms in total. The Balaban J connectivity index is 3.99. The van der Waals surface area contributed by atoms with E-state index in [0.29, 0.717) is 12.0 Å². The van der Waals surface area contributed by atoms with Crippen LogP contribution in [0.15, 0.2) is 0 Å². The Hall–Kier alpha value is -0.570. The lowest BCUT2D eigenvalue weighted by atomic mass is 10.0. The topological polar surface area (TPSA) is 53.1 Å². The monoisotopic (exact) mass is 185 g/mol. The predicted molar refractivity (Wildman–Crippen MR) is 58.0 cm³/mol. The summed E-state index contributed by atoms with van der Waals surface area (Å²) in [5.41, 5.74) is 5.42. The molecule has 0 aliphatic rings. The Morgan fingerprint density at radius 2 is 1.77 bits per heavy atom. The average molecular weight is 185 g/mol. The molecule has 2 atom stereocenters. The van der Waals surface area contributed by atoms with Crippen LogP contribution in [0.1, 0.15) is 27.7 Å². The van der Waals surface area contributed by atoms with Crippen molar-refractivity contribution in [3.63, 3.8) is 0 Å². The smallest absolute Gasteiger partial charge is 0.0947 e. The third kappa shape index (κ3) is 4.27. The van der Waals surface area contributed by atoms with Crippen LogP contribution < -0.4 is 5.73 Å². The molecule has 0 saturated heterocycles. The lowest BCUT2D eigenvalue weighted by Crippen LogP contribution is -2.39. The van der Waals surface area contributed by atoms with Crippen molar-refractivity contribution in [1.82, 2.24) is 4.90 Å². The van der Waals surface area contributed by atoms with Crippen molar-refractivity contribution >= 4 is 5.84 Å². The molecule has 0 fully saturated rings. The molecule has 0 aliphatic carbocycles. The van der Waals surface area contributed by atoms with Gasteiger partial charge >= 0.3 is 0 Å². The molecule has 3 heteroatoms. The summed E-state index contributed by atoms with van der Waals surface area (Å²) in [5, 5.41) is 7.29. The molecule has 13 heavy (non-hydrogen) atoms. The second-order valence-electron chi connectivity index (χ2n) is 4.28. The largest absolute Gasteiger partial charge is 0.387 e. The summed E-state index contributed by atoms with van der Waals surface area (Å²) in [6.45, 7) is 9.48. The van der Waals surface area contributed by atoms with E-state index in [1.165, 1.54) is 0 Å². The molecule has 2 unspecified atom stereocenters. The van der Waals surface area contributed by atoms with Gasteiger partial charge in [0.05, 0.1) is 5.84 Å². The summed E-state index contributed by atoms with van der Waals surface area (Å²) >= 11 is 0. The van der Waals surface area contributed by atoms with Crippen molar-refractivity contribution in [2.24, 2.45) is 17.6 Å². The fourth-order valence-corrected chi connectivity index (χ4v) is 1.21. The normalized spacial score (nSPS) is 16.2. The molecule has 78 valence electrons. The maximum absolute atomic E-state index is 7.29. The van der Waals surface area contributed by atoms with Crippen LogP contribution in [0.5, 0.6) is 0 Å². The first-order chi connectivity index (χ1) is 5.86. The number of nitrogens with zero attached hydrogens (tertiary/aromatic N) is 1. The lowest BCUT2D eigenvalue weighted by molar-refractivity contribution is 0.197. The first kappa shape index (κ1) is 12.4. The highest BCUT2D eigenvalue weighted by Crippen LogP contribution is 2.09. The molecule has 0 rings (SSSR count). The van der Waals surface area contributed by atoms with Gasteiger partial charge in [-0.25, -0.2) is 0 Å². The highest BCUT2D eigenvalue weighted by molar-refractivity contribution is 5.79. The molecular formula is C10H23N3. The van der Waals surface area contributed by atoms with Crippen molar-refractivity contribution in [3.05, 3.63) is 0 Å². The highest BCUT2D eigenvalue weighted by Gasteiger charge is 2.16. The van der Waals surface area contributed by atoms with Gasteiger partial charge in [-0.05, 0) is 19.9 Å². The summed E-state index contributed by atoms with van der Waals surface area (Å²) in [5.74, 6) is 1.08. The van der Waals surface area contributed by atoms with E-state index in [1.54, 1.807) is 0 Å². The van der Waals surface area contributed by atoms with Crippen LogP contribution >= 0.6 is 0 Å². The Kier molecular flexibility index (Phi) is 4.99. The van der Waals surface area contributed by atoms with Crippen molar-refractivity contribution in [2.45, 2.75) is 33.7 Å². The van der Waals surface area contributed by atoms with Crippen molar-refractivity contribution in [3.8, 4) is 0 Å². The Morgan fingerprint density at radius 1 is 1.31 bits per heavy atom. The predicted octanol–water partition coefficient (Wildman–Crippen LogP) is 1.53. The van der Waals surface area contributed by atoms with E-state index in [0.717, 1.165) is 6.54 Å². The molecule has 0 aliphatic heterocycles. The van der Waals surface area contributed by atoms with E-state index in [9.17, 15) is 0 Å². The van der Waals surface area contributed by atoms with E-state index in [-0.39, 0.29) is 11.8 Å². The minimum absolute atomic E-state index is 0.159. The van der Waals surface area contributed by atoms with Gasteiger partial charge in [0, 0.05) is 18.5 Å². The van der Waals surface area contributed by atoms with Crippen LogP contribution in [0, 0.1) is 17.2 Å². The second kappa shape index (κ2) is 5.22. The maximum atomic E-state index is 7.29.